The van der Waals surface area contributed by atoms with E-state index in [0.717, 1.165) is 28.7 Å². The molecule has 0 aliphatic heterocycles. The van der Waals surface area contributed by atoms with Crippen molar-refractivity contribution >= 4 is 26.6 Å². The van der Waals surface area contributed by atoms with E-state index in [-0.39, 0.29) is 10.5 Å². The number of hydrogen-bond donors (Lipinski definition) is 3. The van der Waals surface area contributed by atoms with Crippen LogP contribution in [0.15, 0.2) is 46.3 Å². The molecule has 1 aliphatic rings. The number of sulfonamides is 1. The molecule has 27 heavy (non-hydrogen) atoms. The standard InChI is InChI=1S/C19H22N4O3S/c1-20-27(25,26)13-5-6-17(22-10-12-3-4-12)15(9-13)16-11-23(2)19(24)18-14(16)7-8-21-18/h5-9,11-12,20-22H,3-4,10H2,1-2H3. The van der Waals surface area contributed by atoms with Crippen LogP contribution in [0, 0.1) is 5.92 Å². The van der Waals surface area contributed by atoms with Crippen LogP contribution in [0.1, 0.15) is 12.8 Å². The van der Waals surface area contributed by atoms with E-state index in [1.165, 1.54) is 24.5 Å². The summed E-state index contributed by atoms with van der Waals surface area (Å²) in [6.07, 6.45) is 5.92. The van der Waals surface area contributed by atoms with E-state index in [1.54, 1.807) is 37.6 Å². The molecule has 0 radical (unpaired) electrons. The van der Waals surface area contributed by atoms with Gasteiger partial charge in [0.05, 0.1) is 4.90 Å². The number of benzene rings is 1. The van der Waals surface area contributed by atoms with Gasteiger partial charge in [-0.05, 0) is 50.1 Å². The average Bonchev–Trinajstić information content (AvgIpc) is 3.36. The summed E-state index contributed by atoms with van der Waals surface area (Å²) in [6, 6.07) is 6.90. The zero-order chi connectivity index (χ0) is 19.2. The van der Waals surface area contributed by atoms with Gasteiger partial charge in [0.15, 0.2) is 0 Å². The minimum atomic E-state index is -3.58. The van der Waals surface area contributed by atoms with E-state index in [9.17, 15) is 13.2 Å². The highest BCUT2D eigenvalue weighted by atomic mass is 32.2. The van der Waals surface area contributed by atoms with Crippen LogP contribution in [0.3, 0.4) is 0 Å². The molecule has 0 atom stereocenters. The molecule has 0 unspecified atom stereocenters. The van der Waals surface area contributed by atoms with Gasteiger partial charge in [0.2, 0.25) is 10.0 Å². The summed E-state index contributed by atoms with van der Waals surface area (Å²) in [6.45, 7) is 0.854. The normalized spacial score (nSPS) is 14.6. The zero-order valence-corrected chi connectivity index (χ0v) is 16.1. The molecule has 8 heteroatoms. The van der Waals surface area contributed by atoms with Gasteiger partial charge in [-0.25, -0.2) is 13.1 Å². The number of anilines is 1. The summed E-state index contributed by atoms with van der Waals surface area (Å²) in [5, 5.41) is 4.22. The second-order valence-electron chi connectivity index (χ2n) is 6.96. The van der Waals surface area contributed by atoms with Gasteiger partial charge in [-0.3, -0.25) is 4.79 Å². The Balaban J connectivity index is 1.93. The number of pyridine rings is 1. The van der Waals surface area contributed by atoms with E-state index in [1.807, 2.05) is 6.07 Å². The van der Waals surface area contributed by atoms with Crippen LogP contribution in [0.25, 0.3) is 22.0 Å². The number of nitrogens with one attached hydrogen (secondary N) is 3. The Hall–Kier alpha value is -2.58. The fourth-order valence-corrected chi connectivity index (χ4v) is 4.00. The number of H-pyrrole nitrogens is 1. The quantitative estimate of drug-likeness (QED) is 0.605. The molecule has 2 aromatic heterocycles. The topological polar surface area (TPSA) is 96.0 Å². The molecule has 0 amide bonds. The Labute approximate surface area is 157 Å². The molecule has 1 aromatic carbocycles. The SMILES string of the molecule is CNS(=O)(=O)c1ccc(NCC2CC2)c(-c2cn(C)c(=O)c3[nH]ccc23)c1. The van der Waals surface area contributed by atoms with E-state index >= 15 is 0 Å². The lowest BCUT2D eigenvalue weighted by atomic mass is 10.0. The van der Waals surface area contributed by atoms with Crippen LogP contribution >= 0.6 is 0 Å². The van der Waals surface area contributed by atoms with Gasteiger partial charge in [0.1, 0.15) is 5.52 Å². The third kappa shape index (κ3) is 3.26. The maximum atomic E-state index is 12.4. The lowest BCUT2D eigenvalue weighted by Crippen LogP contribution is -2.19. The Bertz CT molecular complexity index is 1170. The summed E-state index contributed by atoms with van der Waals surface area (Å²) < 4.78 is 28.5. The molecule has 4 rings (SSSR count). The number of rotatable bonds is 6. The number of hydrogen-bond acceptors (Lipinski definition) is 4. The van der Waals surface area contributed by atoms with Crippen molar-refractivity contribution in [3.8, 4) is 11.1 Å². The highest BCUT2D eigenvalue weighted by molar-refractivity contribution is 7.89. The monoisotopic (exact) mass is 386 g/mol. The summed E-state index contributed by atoms with van der Waals surface area (Å²) in [7, 11) is -0.491. The van der Waals surface area contributed by atoms with Gasteiger partial charge >= 0.3 is 0 Å². The van der Waals surface area contributed by atoms with Gasteiger partial charge in [0.25, 0.3) is 5.56 Å². The first-order valence-electron chi connectivity index (χ1n) is 8.89. The average molecular weight is 386 g/mol. The highest BCUT2D eigenvalue weighted by Crippen LogP contribution is 2.36. The molecule has 0 spiro atoms. The van der Waals surface area contributed by atoms with Crippen molar-refractivity contribution in [3.63, 3.8) is 0 Å². The number of aryl methyl sites for hydroxylation is 1. The van der Waals surface area contributed by atoms with Gasteiger partial charge in [-0.15, -0.1) is 0 Å². The maximum absolute atomic E-state index is 12.4. The summed E-state index contributed by atoms with van der Waals surface area (Å²) in [5.74, 6) is 0.672. The fraction of sp³-hybridized carbons (Fsp3) is 0.316. The largest absolute Gasteiger partial charge is 0.384 e. The van der Waals surface area contributed by atoms with Crippen LogP contribution in [0.4, 0.5) is 5.69 Å². The molecule has 0 bridgehead atoms. The van der Waals surface area contributed by atoms with Crippen LogP contribution < -0.4 is 15.6 Å². The lowest BCUT2D eigenvalue weighted by molar-refractivity contribution is 0.588. The molecule has 2 heterocycles. The molecule has 3 aromatic rings. The summed E-state index contributed by atoms with van der Waals surface area (Å²) in [4.78, 5) is 15.5. The predicted molar refractivity (Wildman–Crippen MR) is 106 cm³/mol. The molecule has 1 fully saturated rings. The number of aromatic amines is 1. The summed E-state index contributed by atoms with van der Waals surface area (Å²) >= 11 is 0. The molecule has 1 saturated carbocycles. The molecular weight excluding hydrogens is 364 g/mol. The van der Waals surface area contributed by atoms with Gasteiger partial charge in [-0.2, -0.15) is 0 Å². The van der Waals surface area contributed by atoms with Crippen LogP contribution in [-0.4, -0.2) is 31.6 Å². The second kappa shape index (κ2) is 6.54. The van der Waals surface area contributed by atoms with Crippen molar-refractivity contribution in [1.82, 2.24) is 14.3 Å². The van der Waals surface area contributed by atoms with Crippen molar-refractivity contribution in [2.24, 2.45) is 13.0 Å². The molecular formula is C19H22N4O3S. The molecule has 3 N–H and O–H groups in total. The van der Waals surface area contributed by atoms with Crippen molar-refractivity contribution in [2.75, 3.05) is 18.9 Å². The minimum absolute atomic E-state index is 0.120. The van der Waals surface area contributed by atoms with Crippen LogP contribution in [-0.2, 0) is 17.1 Å². The highest BCUT2D eigenvalue weighted by Gasteiger charge is 2.22. The lowest BCUT2D eigenvalue weighted by Gasteiger charge is -2.16. The van der Waals surface area contributed by atoms with Crippen molar-refractivity contribution in [3.05, 3.63) is 47.0 Å². The number of nitrogens with zero attached hydrogens (tertiary/aromatic N) is 1. The third-order valence-electron chi connectivity index (χ3n) is 5.03. The second-order valence-corrected chi connectivity index (χ2v) is 8.85. The number of fused-ring (bicyclic) bond motifs is 1. The molecule has 142 valence electrons. The first kappa shape index (κ1) is 17.8. The third-order valence-corrected chi connectivity index (χ3v) is 6.44. The molecule has 1 aliphatic carbocycles. The van der Waals surface area contributed by atoms with Crippen molar-refractivity contribution in [2.45, 2.75) is 17.7 Å². The Morgan fingerprint density at radius 2 is 2.00 bits per heavy atom. The molecule has 0 saturated heterocycles. The maximum Gasteiger partial charge on any atom is 0.274 e. The smallest absolute Gasteiger partial charge is 0.274 e. The first-order chi connectivity index (χ1) is 12.9. The van der Waals surface area contributed by atoms with E-state index in [4.69, 9.17) is 0 Å². The Morgan fingerprint density at radius 1 is 1.22 bits per heavy atom. The van der Waals surface area contributed by atoms with E-state index in [2.05, 4.69) is 15.0 Å². The Morgan fingerprint density at radius 3 is 2.70 bits per heavy atom. The first-order valence-corrected chi connectivity index (χ1v) is 10.4. The Kier molecular flexibility index (Phi) is 4.32. The fourth-order valence-electron chi connectivity index (χ4n) is 3.25. The van der Waals surface area contributed by atoms with Gasteiger partial charge < -0.3 is 14.9 Å². The number of aromatic nitrogens is 2. The van der Waals surface area contributed by atoms with Crippen molar-refractivity contribution in [1.29, 1.82) is 0 Å². The van der Waals surface area contributed by atoms with E-state index in [0.29, 0.717) is 11.4 Å². The molecule has 7 nitrogen and oxygen atoms in total. The van der Waals surface area contributed by atoms with Crippen LogP contribution in [0.5, 0.6) is 0 Å². The predicted octanol–water partition coefficient (Wildman–Crippen LogP) is 2.26. The van der Waals surface area contributed by atoms with Crippen molar-refractivity contribution < 1.29 is 8.42 Å². The van der Waals surface area contributed by atoms with Gasteiger partial charge in [-0.1, -0.05) is 0 Å². The minimum Gasteiger partial charge on any atom is -0.384 e. The zero-order valence-electron chi connectivity index (χ0n) is 15.2. The van der Waals surface area contributed by atoms with E-state index < -0.39 is 10.0 Å². The van der Waals surface area contributed by atoms with Gasteiger partial charge in [0, 0.05) is 48.2 Å². The van der Waals surface area contributed by atoms with Crippen LogP contribution in [0.2, 0.25) is 0 Å². The summed E-state index contributed by atoms with van der Waals surface area (Å²) in [5.41, 5.74) is 2.81.